The number of aryl methyl sites for hydroxylation is 6. The van der Waals surface area contributed by atoms with Crippen molar-refractivity contribution in [1.82, 2.24) is 0 Å². The van der Waals surface area contributed by atoms with Crippen LogP contribution < -0.4 is 9.81 Å². The van der Waals surface area contributed by atoms with Gasteiger partial charge in [0, 0.05) is 0 Å². The van der Waals surface area contributed by atoms with Crippen molar-refractivity contribution in [2.24, 2.45) is 11.8 Å². The molecule has 0 amide bonds. The molecular weight excluding hydrogens is 1520 g/mol. The fourth-order valence-electron chi connectivity index (χ4n) is 21.1. The molecule has 9 aromatic carbocycles. The zero-order valence-electron chi connectivity index (χ0n) is 63.7. The van der Waals surface area contributed by atoms with Gasteiger partial charge in [-0.05, 0) is 0 Å². The van der Waals surface area contributed by atoms with Crippen molar-refractivity contribution < 1.29 is 23.2 Å². The maximum atomic E-state index is 11.2. The SMILES string of the molecule is Cc1cc(C)c(-c2ccc3c(c2)-c2cc(-c4c(C)cc(C)cc4C)c[c]([Zr]([Cl])([Cl])([CH]4C=Cc5c(Cl)ccc(Cl)c54)[Zr]([Cl])([Cl])([c]4c(C(C)(C)C)ccc5c4C(C4CCCCC4)c4cc(C(C)(C)C)ccc4-5)[c]4c(C(C)(C)C)ccc5c4C(C4CCCCC4)c4cc(C(C)(C)C)ccc4-5)c2C3)c(C)c1. The monoisotopic (exact) mass is 1620 g/mol. The Labute approximate surface area is 633 Å². The van der Waals surface area contributed by atoms with Crippen LogP contribution in [0.3, 0.4) is 0 Å². The third-order valence-electron chi connectivity index (χ3n) is 25.7. The Morgan fingerprint density at radius 3 is 1.27 bits per heavy atom. The Bertz CT molecular complexity index is 4850. The van der Waals surface area contributed by atoms with Crippen LogP contribution in [0.5, 0.6) is 0 Å². The third-order valence-corrected chi connectivity index (χ3v) is 161. The van der Waals surface area contributed by atoms with E-state index >= 15 is 0 Å². The van der Waals surface area contributed by atoms with Crippen molar-refractivity contribution in [2.75, 3.05) is 0 Å². The standard InChI is InChI=1S/C31H29.2C27H35.C9H5Cl2.4ClH.2Zr/c1-18-11-20(3)30(21(4)12-18)26-9-7-24-15-25-8-10-27(17-29(25)28(24)16-26)31-22(5)13-19(2)14-23(31)6;2*1-26(2,3)19-12-14-21-22-15-13-20(27(4,5)6)17-24(22)25(23(21)16-19)18-10-8-7-9-11-18;10-8-4-5-9(11)7-3-1-2-6(7)8;;;;;;/h7,9-14,16-17H,15H2,1-6H3;2*12-16,18,25H,7-11H2,1-6H3;1-5H;4*1H;;/q;;;;;;;;2*+2/p-4. The van der Waals surface area contributed by atoms with Crippen LogP contribution >= 0.6 is 57.3 Å². The van der Waals surface area contributed by atoms with E-state index in [1.54, 1.807) is 0 Å². The molecule has 2 saturated carbocycles. The summed E-state index contributed by atoms with van der Waals surface area (Å²) in [4.78, 5) is 0. The first-order valence-electron chi connectivity index (χ1n) is 38.2. The summed E-state index contributed by atoms with van der Waals surface area (Å²) in [5.41, 5.74) is 32.4. The summed E-state index contributed by atoms with van der Waals surface area (Å²) < 4.78 is 2.36. The first-order valence-corrected chi connectivity index (χ1v) is 65.3. The van der Waals surface area contributed by atoms with E-state index in [1.807, 2.05) is 12.1 Å². The molecular formula is C94H104Cl6Zr2. The molecule has 15 rings (SSSR count). The van der Waals surface area contributed by atoms with Gasteiger partial charge in [0.25, 0.3) is 0 Å². The molecule has 0 radical (unpaired) electrons. The summed E-state index contributed by atoms with van der Waals surface area (Å²) in [7, 11) is 44.3. The van der Waals surface area contributed by atoms with E-state index in [2.05, 4.69) is 252 Å². The van der Waals surface area contributed by atoms with Crippen molar-refractivity contribution in [2.45, 2.75) is 232 Å². The van der Waals surface area contributed by atoms with Gasteiger partial charge < -0.3 is 0 Å². The van der Waals surface area contributed by atoms with Gasteiger partial charge in [0.1, 0.15) is 0 Å². The Hall–Kier alpha value is -3.77. The predicted molar refractivity (Wildman–Crippen MR) is 440 cm³/mol. The number of allylic oxidation sites excluding steroid dienone is 1. The Morgan fingerprint density at radius 2 is 0.824 bits per heavy atom. The van der Waals surface area contributed by atoms with Gasteiger partial charge >= 0.3 is 640 Å². The molecule has 0 N–H and O–H groups in total. The fourth-order valence-corrected chi connectivity index (χ4v) is 123. The van der Waals surface area contributed by atoms with Crippen molar-refractivity contribution >= 4 is 73.1 Å². The Balaban J connectivity index is 1.23. The molecule has 0 saturated heterocycles. The maximum absolute atomic E-state index is 11.2. The molecule has 0 nitrogen and oxygen atoms in total. The van der Waals surface area contributed by atoms with Crippen LogP contribution in [0.4, 0.5) is 0 Å². The zero-order chi connectivity index (χ0) is 72.9. The number of hydrogen-bond donors (Lipinski definition) is 0. The molecule has 6 aliphatic carbocycles. The van der Waals surface area contributed by atoms with E-state index in [0.29, 0.717) is 28.3 Å². The second-order valence-corrected chi connectivity index (χ2v) is 122. The van der Waals surface area contributed by atoms with Crippen LogP contribution in [0.15, 0.2) is 133 Å². The third kappa shape index (κ3) is 11.2. The van der Waals surface area contributed by atoms with E-state index in [0.717, 1.165) is 100 Å². The molecule has 8 heteroatoms. The summed E-state index contributed by atoms with van der Waals surface area (Å²) in [5.74, 6) is 0.480. The Kier molecular flexibility index (Phi) is 18.4. The quantitative estimate of drug-likeness (QED) is 0.135. The number of rotatable bonds is 9. The number of fused-ring (bicyclic) bond motifs is 10. The van der Waals surface area contributed by atoms with Gasteiger partial charge in [-0.15, -0.1) is 0 Å². The van der Waals surface area contributed by atoms with Crippen LogP contribution in [0.25, 0.3) is 61.7 Å². The van der Waals surface area contributed by atoms with Crippen LogP contribution in [-0.4, -0.2) is 0 Å². The van der Waals surface area contributed by atoms with Gasteiger partial charge in [-0.3, -0.25) is 0 Å². The minimum absolute atomic E-state index is 0.0566. The van der Waals surface area contributed by atoms with Gasteiger partial charge in [0.2, 0.25) is 0 Å². The molecule has 0 aliphatic heterocycles. The van der Waals surface area contributed by atoms with Gasteiger partial charge in [-0.2, -0.15) is 0 Å². The number of hydrogen-bond acceptors (Lipinski definition) is 0. The first kappa shape index (κ1) is 73.7. The average Bonchev–Trinajstić information content (AvgIpc) is 1.11. The number of halogens is 6. The molecule has 0 spiro atoms. The van der Waals surface area contributed by atoms with E-state index < -0.39 is 37.7 Å². The molecule has 3 unspecified atom stereocenters. The summed E-state index contributed by atoms with van der Waals surface area (Å²) in [6.07, 6.45) is 16.6. The molecule has 3 atom stereocenters. The molecule has 0 bridgehead atoms. The van der Waals surface area contributed by atoms with Crippen molar-refractivity contribution in [1.29, 1.82) is 0 Å². The van der Waals surface area contributed by atoms with E-state index in [9.17, 15) is 34.1 Å². The Morgan fingerprint density at radius 1 is 0.392 bits per heavy atom. The molecule has 530 valence electrons. The molecule has 9 aromatic rings. The van der Waals surface area contributed by atoms with E-state index in [-0.39, 0.29) is 22.7 Å². The topological polar surface area (TPSA) is 0 Å². The number of benzene rings is 9. The van der Waals surface area contributed by atoms with Crippen LogP contribution in [0.2, 0.25) is 10.0 Å². The van der Waals surface area contributed by atoms with E-state index in [4.69, 9.17) is 23.2 Å². The summed E-state index contributed by atoms with van der Waals surface area (Å²) in [5, 5.41) is 1.17. The fraction of sp³-hybridized carbons (Fsp3) is 0.404. The molecule has 0 aromatic heterocycles. The van der Waals surface area contributed by atoms with Crippen molar-refractivity contribution in [3.63, 3.8) is 0 Å². The molecule has 102 heavy (non-hydrogen) atoms. The van der Waals surface area contributed by atoms with Gasteiger partial charge in [-0.1, -0.05) is 0 Å². The summed E-state index contributed by atoms with van der Waals surface area (Å²) in [6, 6.07) is 50.4. The predicted octanol–water partition coefficient (Wildman–Crippen LogP) is 28.3. The molecule has 6 aliphatic rings. The second kappa shape index (κ2) is 25.4. The molecule has 2 fully saturated rings. The van der Waals surface area contributed by atoms with E-state index in [1.165, 1.54) is 130 Å². The van der Waals surface area contributed by atoms with Gasteiger partial charge in [-0.25, -0.2) is 0 Å². The van der Waals surface area contributed by atoms with Crippen molar-refractivity contribution in [3.05, 3.63) is 244 Å². The second-order valence-electron chi connectivity index (χ2n) is 36.7. The van der Waals surface area contributed by atoms with Crippen LogP contribution in [0.1, 0.15) is 263 Å². The zero-order valence-corrected chi connectivity index (χ0v) is 73.2. The minimum atomic E-state index is -7.69. The van der Waals surface area contributed by atoms with Crippen LogP contribution in [-0.2, 0) is 51.3 Å². The summed E-state index contributed by atoms with van der Waals surface area (Å²) in [6.45, 7) is 42.2. The van der Waals surface area contributed by atoms with Crippen molar-refractivity contribution in [3.8, 4) is 55.6 Å². The van der Waals surface area contributed by atoms with Crippen LogP contribution in [0, 0.1) is 53.4 Å². The van der Waals surface area contributed by atoms with Gasteiger partial charge in [0.05, 0.1) is 0 Å². The molecule has 0 heterocycles. The summed E-state index contributed by atoms with van der Waals surface area (Å²) >= 11 is 0.713. The van der Waals surface area contributed by atoms with Gasteiger partial charge in [0.15, 0.2) is 0 Å². The first-order chi connectivity index (χ1) is 47.8. The normalized spacial score (nSPS) is 19.2. The average molecular weight is 1630 g/mol.